The van der Waals surface area contributed by atoms with Crippen LogP contribution in [-0.4, -0.2) is 0 Å². The first-order valence-corrected chi connectivity index (χ1v) is 5.49. The van der Waals surface area contributed by atoms with Crippen molar-refractivity contribution in [2.75, 3.05) is 0 Å². The molecule has 1 nitrogen and oxygen atoms in total. The molecule has 0 aliphatic carbocycles. The number of rotatable bonds is 3. The van der Waals surface area contributed by atoms with Gasteiger partial charge in [0.25, 0.3) is 0 Å². The highest BCUT2D eigenvalue weighted by Crippen LogP contribution is 2.25. The highest BCUT2D eigenvalue weighted by Gasteiger charge is 2.11. The Balaban J connectivity index is 2.06. The molecule has 0 bridgehead atoms. The van der Waals surface area contributed by atoms with Gasteiger partial charge >= 0.3 is 0 Å². The van der Waals surface area contributed by atoms with Crippen LogP contribution in [0.5, 0.6) is 0 Å². The molecule has 0 aliphatic rings. The van der Waals surface area contributed by atoms with E-state index in [0.717, 1.165) is 22.8 Å². The third-order valence-electron chi connectivity index (χ3n) is 2.18. The zero-order valence-electron chi connectivity index (χ0n) is 7.99. The van der Waals surface area contributed by atoms with Crippen LogP contribution >= 0.6 is 23.2 Å². The minimum absolute atomic E-state index is 0.124. The predicted octanol–water partition coefficient (Wildman–Crippen LogP) is 4.46. The SMILES string of the molecule is Clc1ccc(CC(Cl)c2ccco2)cc1. The molecule has 2 rings (SSSR count). The Labute approximate surface area is 98.6 Å². The van der Waals surface area contributed by atoms with Crippen molar-refractivity contribution in [1.82, 2.24) is 0 Å². The van der Waals surface area contributed by atoms with Crippen molar-refractivity contribution < 1.29 is 4.42 Å². The van der Waals surface area contributed by atoms with Crippen LogP contribution in [0.2, 0.25) is 5.02 Å². The molecule has 2 aromatic rings. The van der Waals surface area contributed by atoms with Gasteiger partial charge < -0.3 is 4.42 Å². The molecule has 0 saturated carbocycles. The molecule has 1 aromatic carbocycles. The van der Waals surface area contributed by atoms with Gasteiger partial charge in [0.05, 0.1) is 11.6 Å². The first-order valence-electron chi connectivity index (χ1n) is 4.67. The smallest absolute Gasteiger partial charge is 0.121 e. The maximum Gasteiger partial charge on any atom is 0.121 e. The first kappa shape index (κ1) is 10.6. The maximum absolute atomic E-state index is 6.20. The van der Waals surface area contributed by atoms with E-state index in [-0.39, 0.29) is 5.38 Å². The lowest BCUT2D eigenvalue weighted by Gasteiger charge is -2.06. The zero-order chi connectivity index (χ0) is 10.7. The highest BCUT2D eigenvalue weighted by atomic mass is 35.5. The lowest BCUT2D eigenvalue weighted by Crippen LogP contribution is -1.93. The molecular weight excluding hydrogens is 231 g/mol. The number of hydrogen-bond donors (Lipinski definition) is 0. The van der Waals surface area contributed by atoms with E-state index in [9.17, 15) is 0 Å². The lowest BCUT2D eigenvalue weighted by atomic mass is 10.1. The minimum Gasteiger partial charge on any atom is -0.468 e. The molecule has 1 atom stereocenters. The van der Waals surface area contributed by atoms with E-state index in [0.29, 0.717) is 0 Å². The van der Waals surface area contributed by atoms with Crippen molar-refractivity contribution in [3.63, 3.8) is 0 Å². The van der Waals surface area contributed by atoms with Crippen LogP contribution < -0.4 is 0 Å². The van der Waals surface area contributed by atoms with Crippen LogP contribution in [0.15, 0.2) is 47.1 Å². The van der Waals surface area contributed by atoms with Crippen LogP contribution in [0.3, 0.4) is 0 Å². The van der Waals surface area contributed by atoms with E-state index in [1.807, 2.05) is 36.4 Å². The number of furan rings is 1. The van der Waals surface area contributed by atoms with Gasteiger partial charge in [0.1, 0.15) is 5.76 Å². The molecule has 0 aliphatic heterocycles. The van der Waals surface area contributed by atoms with Gasteiger partial charge in [-0.2, -0.15) is 0 Å². The molecule has 0 fully saturated rings. The molecule has 0 spiro atoms. The third-order valence-corrected chi connectivity index (χ3v) is 2.80. The van der Waals surface area contributed by atoms with Crippen molar-refractivity contribution in [3.8, 4) is 0 Å². The van der Waals surface area contributed by atoms with E-state index in [1.165, 1.54) is 0 Å². The Morgan fingerprint density at radius 2 is 1.87 bits per heavy atom. The second-order valence-electron chi connectivity index (χ2n) is 3.31. The number of benzene rings is 1. The second kappa shape index (κ2) is 4.73. The Bertz CT molecular complexity index is 406. The molecule has 0 radical (unpaired) electrons. The number of halogens is 2. The quantitative estimate of drug-likeness (QED) is 0.723. The van der Waals surface area contributed by atoms with Gasteiger partial charge in [-0.1, -0.05) is 23.7 Å². The Morgan fingerprint density at radius 3 is 2.47 bits per heavy atom. The molecule has 15 heavy (non-hydrogen) atoms. The zero-order valence-corrected chi connectivity index (χ0v) is 9.50. The van der Waals surface area contributed by atoms with Gasteiger partial charge in [-0.3, -0.25) is 0 Å². The normalized spacial score (nSPS) is 12.7. The fraction of sp³-hybridized carbons (Fsp3) is 0.167. The molecule has 0 amide bonds. The summed E-state index contributed by atoms with van der Waals surface area (Å²) in [6.45, 7) is 0. The van der Waals surface area contributed by atoms with Gasteiger partial charge in [-0.15, -0.1) is 11.6 Å². The van der Waals surface area contributed by atoms with Gasteiger partial charge in [0, 0.05) is 5.02 Å². The summed E-state index contributed by atoms with van der Waals surface area (Å²) in [4.78, 5) is 0. The highest BCUT2D eigenvalue weighted by molar-refractivity contribution is 6.30. The van der Waals surface area contributed by atoms with E-state index in [2.05, 4.69) is 0 Å². The average molecular weight is 241 g/mol. The standard InChI is InChI=1S/C12H10Cl2O/c13-10-5-3-9(4-6-10)8-11(14)12-2-1-7-15-12/h1-7,11H,8H2. The summed E-state index contributed by atoms with van der Waals surface area (Å²) < 4.78 is 5.23. The van der Waals surface area contributed by atoms with E-state index in [4.69, 9.17) is 27.6 Å². The summed E-state index contributed by atoms with van der Waals surface area (Å²) in [5.41, 5.74) is 1.15. The van der Waals surface area contributed by atoms with Crippen LogP contribution in [0.1, 0.15) is 16.7 Å². The van der Waals surface area contributed by atoms with Crippen molar-refractivity contribution in [2.24, 2.45) is 0 Å². The summed E-state index contributed by atoms with van der Waals surface area (Å²) >= 11 is 12.0. The van der Waals surface area contributed by atoms with Crippen molar-refractivity contribution in [1.29, 1.82) is 0 Å². The summed E-state index contributed by atoms with van der Waals surface area (Å²) in [5.74, 6) is 0.798. The summed E-state index contributed by atoms with van der Waals surface area (Å²) in [6, 6.07) is 11.4. The first-order chi connectivity index (χ1) is 7.25. The third kappa shape index (κ3) is 2.77. The summed E-state index contributed by atoms with van der Waals surface area (Å²) in [6.07, 6.45) is 2.37. The molecule has 0 N–H and O–H groups in total. The lowest BCUT2D eigenvalue weighted by molar-refractivity contribution is 0.502. The molecule has 1 aromatic heterocycles. The topological polar surface area (TPSA) is 13.1 Å². The van der Waals surface area contributed by atoms with Gasteiger partial charge in [0.2, 0.25) is 0 Å². The Hall–Kier alpha value is -0.920. The van der Waals surface area contributed by atoms with Gasteiger partial charge in [-0.25, -0.2) is 0 Å². The Morgan fingerprint density at radius 1 is 1.13 bits per heavy atom. The average Bonchev–Trinajstić information content (AvgIpc) is 2.74. The second-order valence-corrected chi connectivity index (χ2v) is 4.28. The molecule has 1 heterocycles. The Kier molecular flexibility index (Phi) is 3.34. The molecular formula is C12H10Cl2O. The maximum atomic E-state index is 6.20. The van der Waals surface area contributed by atoms with E-state index >= 15 is 0 Å². The van der Waals surface area contributed by atoms with Crippen molar-refractivity contribution in [2.45, 2.75) is 11.8 Å². The fourth-order valence-electron chi connectivity index (χ4n) is 1.40. The molecule has 3 heteroatoms. The van der Waals surface area contributed by atoms with Gasteiger partial charge in [0.15, 0.2) is 0 Å². The number of hydrogen-bond acceptors (Lipinski definition) is 1. The van der Waals surface area contributed by atoms with Crippen LogP contribution in [0, 0.1) is 0 Å². The number of alkyl halides is 1. The van der Waals surface area contributed by atoms with Gasteiger partial charge in [-0.05, 0) is 36.2 Å². The predicted molar refractivity (Wildman–Crippen MR) is 62.5 cm³/mol. The van der Waals surface area contributed by atoms with Crippen LogP contribution in [-0.2, 0) is 6.42 Å². The fourth-order valence-corrected chi connectivity index (χ4v) is 1.83. The largest absolute Gasteiger partial charge is 0.468 e. The molecule has 78 valence electrons. The molecule has 0 saturated heterocycles. The monoisotopic (exact) mass is 240 g/mol. The van der Waals surface area contributed by atoms with Crippen LogP contribution in [0.25, 0.3) is 0 Å². The van der Waals surface area contributed by atoms with E-state index in [1.54, 1.807) is 6.26 Å². The summed E-state index contributed by atoms with van der Waals surface area (Å²) in [7, 11) is 0. The summed E-state index contributed by atoms with van der Waals surface area (Å²) in [5, 5.41) is 0.615. The van der Waals surface area contributed by atoms with Crippen molar-refractivity contribution in [3.05, 3.63) is 59.0 Å². The van der Waals surface area contributed by atoms with Crippen molar-refractivity contribution >= 4 is 23.2 Å². The molecule has 1 unspecified atom stereocenters. The minimum atomic E-state index is -0.124. The van der Waals surface area contributed by atoms with E-state index < -0.39 is 0 Å². The van der Waals surface area contributed by atoms with Crippen LogP contribution in [0.4, 0.5) is 0 Å².